The molecule has 23 heavy (non-hydrogen) atoms. The van der Waals surface area contributed by atoms with Crippen LogP contribution in [0.15, 0.2) is 48.5 Å². The molecule has 0 atom stereocenters. The topological polar surface area (TPSA) is 64.6 Å². The van der Waals surface area contributed by atoms with Gasteiger partial charge in [0.1, 0.15) is 12.4 Å². The largest absolute Gasteiger partial charge is 0.478 e. The van der Waals surface area contributed by atoms with Gasteiger partial charge in [0.2, 0.25) is 5.78 Å². The van der Waals surface area contributed by atoms with E-state index < -0.39 is 11.7 Å². The number of hydrogen-bond donors (Lipinski definition) is 1. The SMILES string of the molecule is O=C(Nc1ccc2c(c1)C(=O)C1(CC1)O2)OCc1ccccc1. The molecule has 1 heterocycles. The van der Waals surface area contributed by atoms with E-state index in [9.17, 15) is 9.59 Å². The van der Waals surface area contributed by atoms with Gasteiger partial charge < -0.3 is 9.47 Å². The third-order valence-electron chi connectivity index (χ3n) is 4.11. The summed E-state index contributed by atoms with van der Waals surface area (Å²) in [6.45, 7) is 0.197. The molecule has 5 nitrogen and oxygen atoms in total. The first-order valence-electron chi connectivity index (χ1n) is 7.52. The molecular weight excluding hydrogens is 294 g/mol. The van der Waals surface area contributed by atoms with Gasteiger partial charge in [0.15, 0.2) is 5.60 Å². The van der Waals surface area contributed by atoms with Crippen LogP contribution in [0.2, 0.25) is 0 Å². The van der Waals surface area contributed by atoms with Gasteiger partial charge in [-0.25, -0.2) is 4.79 Å². The van der Waals surface area contributed by atoms with E-state index in [4.69, 9.17) is 9.47 Å². The lowest BCUT2D eigenvalue weighted by molar-refractivity contribution is 0.0820. The Hall–Kier alpha value is -2.82. The lowest BCUT2D eigenvalue weighted by atomic mass is 10.1. The predicted molar refractivity (Wildman–Crippen MR) is 83.6 cm³/mol. The number of carbonyl (C=O) groups is 2. The van der Waals surface area contributed by atoms with Crippen LogP contribution >= 0.6 is 0 Å². The van der Waals surface area contributed by atoms with E-state index in [-0.39, 0.29) is 12.4 Å². The molecule has 1 amide bonds. The maximum Gasteiger partial charge on any atom is 0.411 e. The van der Waals surface area contributed by atoms with E-state index in [0.29, 0.717) is 17.0 Å². The minimum Gasteiger partial charge on any atom is -0.478 e. The first-order valence-corrected chi connectivity index (χ1v) is 7.52. The normalized spacial score (nSPS) is 16.6. The van der Waals surface area contributed by atoms with Crippen molar-refractivity contribution in [2.75, 3.05) is 5.32 Å². The number of amides is 1. The Balaban J connectivity index is 1.41. The molecule has 1 N–H and O–H groups in total. The van der Waals surface area contributed by atoms with E-state index in [2.05, 4.69) is 5.32 Å². The number of ether oxygens (including phenoxy) is 2. The van der Waals surface area contributed by atoms with Crippen LogP contribution in [0.1, 0.15) is 28.8 Å². The fourth-order valence-corrected chi connectivity index (χ4v) is 2.70. The van der Waals surface area contributed by atoms with Crippen LogP contribution in [0.5, 0.6) is 5.75 Å². The first-order chi connectivity index (χ1) is 11.2. The third-order valence-corrected chi connectivity index (χ3v) is 4.11. The molecule has 116 valence electrons. The highest BCUT2D eigenvalue weighted by Crippen LogP contribution is 2.50. The number of ketones is 1. The van der Waals surface area contributed by atoms with Crippen LogP contribution in [0.3, 0.4) is 0 Å². The van der Waals surface area contributed by atoms with Crippen LogP contribution in [-0.2, 0) is 11.3 Å². The van der Waals surface area contributed by atoms with Crippen LogP contribution in [-0.4, -0.2) is 17.5 Å². The van der Waals surface area contributed by atoms with Gasteiger partial charge in [0.25, 0.3) is 0 Å². The molecule has 1 fully saturated rings. The summed E-state index contributed by atoms with van der Waals surface area (Å²) in [6.07, 6.45) is 0.978. The minimum absolute atomic E-state index is 0.00815. The third kappa shape index (κ3) is 2.54. The molecule has 4 rings (SSSR count). The Morgan fingerprint density at radius 2 is 1.96 bits per heavy atom. The summed E-state index contributed by atoms with van der Waals surface area (Å²) in [6, 6.07) is 14.5. The Morgan fingerprint density at radius 3 is 2.70 bits per heavy atom. The zero-order chi connectivity index (χ0) is 15.9. The molecule has 1 spiro atoms. The van der Waals surface area contributed by atoms with Crippen LogP contribution in [0, 0.1) is 0 Å². The van der Waals surface area contributed by atoms with Gasteiger partial charge in [-0.15, -0.1) is 0 Å². The number of carbonyl (C=O) groups excluding carboxylic acids is 2. The highest BCUT2D eigenvalue weighted by atomic mass is 16.5. The summed E-state index contributed by atoms with van der Waals surface area (Å²) in [5.74, 6) is 0.601. The Morgan fingerprint density at radius 1 is 1.17 bits per heavy atom. The van der Waals surface area contributed by atoms with Crippen LogP contribution < -0.4 is 10.1 Å². The number of anilines is 1. The van der Waals surface area contributed by atoms with E-state index in [1.165, 1.54) is 0 Å². The van der Waals surface area contributed by atoms with E-state index in [1.54, 1.807) is 18.2 Å². The predicted octanol–water partition coefficient (Wildman–Crippen LogP) is 3.54. The number of hydrogen-bond acceptors (Lipinski definition) is 4. The summed E-state index contributed by atoms with van der Waals surface area (Å²) in [5.41, 5.74) is 1.35. The standard InChI is InChI=1S/C18H15NO4/c20-16-14-10-13(6-7-15(14)23-18(16)8-9-18)19-17(21)22-11-12-4-2-1-3-5-12/h1-7,10H,8-9,11H2,(H,19,21). The maximum absolute atomic E-state index is 12.3. The fraction of sp³-hybridized carbons (Fsp3) is 0.222. The molecule has 0 radical (unpaired) electrons. The van der Waals surface area contributed by atoms with Crippen molar-refractivity contribution in [2.45, 2.75) is 25.0 Å². The molecular formula is C18H15NO4. The van der Waals surface area contributed by atoms with Crippen molar-refractivity contribution in [2.24, 2.45) is 0 Å². The van der Waals surface area contributed by atoms with E-state index in [0.717, 1.165) is 18.4 Å². The number of rotatable bonds is 3. The summed E-state index contributed by atoms with van der Waals surface area (Å²) >= 11 is 0. The second-order valence-corrected chi connectivity index (χ2v) is 5.82. The molecule has 0 aromatic heterocycles. The van der Waals surface area contributed by atoms with Gasteiger partial charge in [-0.05, 0) is 36.6 Å². The van der Waals surface area contributed by atoms with Crippen molar-refractivity contribution in [3.8, 4) is 5.75 Å². The molecule has 1 aliphatic carbocycles. The van der Waals surface area contributed by atoms with Crippen molar-refractivity contribution in [3.63, 3.8) is 0 Å². The lowest BCUT2D eigenvalue weighted by Gasteiger charge is -2.08. The molecule has 0 unspecified atom stereocenters. The smallest absolute Gasteiger partial charge is 0.411 e. The number of fused-ring (bicyclic) bond motifs is 1. The summed E-state index contributed by atoms with van der Waals surface area (Å²) in [7, 11) is 0. The average molecular weight is 309 g/mol. The zero-order valence-electron chi connectivity index (χ0n) is 12.4. The van der Waals surface area contributed by atoms with Crippen LogP contribution in [0.4, 0.5) is 10.5 Å². The van der Waals surface area contributed by atoms with Gasteiger partial charge in [-0.3, -0.25) is 10.1 Å². The quantitative estimate of drug-likeness (QED) is 0.942. The summed E-state index contributed by atoms with van der Waals surface area (Å²) in [5, 5.41) is 2.64. The molecule has 1 saturated carbocycles. The van der Waals surface area contributed by atoms with Crippen molar-refractivity contribution in [1.29, 1.82) is 0 Å². The van der Waals surface area contributed by atoms with Gasteiger partial charge >= 0.3 is 6.09 Å². The highest BCUT2D eigenvalue weighted by Gasteiger charge is 2.57. The van der Waals surface area contributed by atoms with E-state index >= 15 is 0 Å². The zero-order valence-corrected chi connectivity index (χ0v) is 12.4. The van der Waals surface area contributed by atoms with Crippen molar-refractivity contribution in [1.82, 2.24) is 0 Å². The minimum atomic E-state index is -0.616. The van der Waals surface area contributed by atoms with Crippen molar-refractivity contribution in [3.05, 3.63) is 59.7 Å². The molecule has 0 saturated heterocycles. The Labute approximate surface area is 133 Å². The van der Waals surface area contributed by atoms with Gasteiger partial charge in [-0.1, -0.05) is 30.3 Å². The molecule has 2 aromatic rings. The number of Topliss-reactive ketones (excluding diaryl/α,β-unsaturated/α-hetero) is 1. The summed E-state index contributed by atoms with van der Waals surface area (Å²) < 4.78 is 10.9. The van der Waals surface area contributed by atoms with Gasteiger partial charge in [0, 0.05) is 5.69 Å². The number of nitrogens with one attached hydrogen (secondary N) is 1. The molecule has 5 heteroatoms. The maximum atomic E-state index is 12.3. The Kier molecular flexibility index (Phi) is 3.08. The van der Waals surface area contributed by atoms with Gasteiger partial charge in [0.05, 0.1) is 5.56 Å². The lowest BCUT2D eigenvalue weighted by Crippen LogP contribution is -2.21. The first kappa shape index (κ1) is 13.8. The summed E-state index contributed by atoms with van der Waals surface area (Å²) in [4.78, 5) is 24.1. The van der Waals surface area contributed by atoms with Gasteiger partial charge in [-0.2, -0.15) is 0 Å². The molecule has 0 bridgehead atoms. The molecule has 1 aliphatic heterocycles. The highest BCUT2D eigenvalue weighted by molar-refractivity contribution is 6.10. The monoisotopic (exact) mass is 309 g/mol. The average Bonchev–Trinajstić information content (AvgIpc) is 3.30. The van der Waals surface area contributed by atoms with Crippen molar-refractivity contribution >= 4 is 17.6 Å². The second kappa shape index (κ2) is 5.12. The van der Waals surface area contributed by atoms with Crippen molar-refractivity contribution < 1.29 is 19.1 Å². The molecule has 2 aromatic carbocycles. The second-order valence-electron chi connectivity index (χ2n) is 5.82. The van der Waals surface area contributed by atoms with E-state index in [1.807, 2.05) is 30.3 Å². The molecule has 2 aliphatic rings. The Bertz CT molecular complexity index is 781. The fourth-order valence-electron chi connectivity index (χ4n) is 2.70. The van der Waals surface area contributed by atoms with Crippen LogP contribution in [0.25, 0.3) is 0 Å². The number of benzene rings is 2.